The lowest BCUT2D eigenvalue weighted by Gasteiger charge is -2.10. The summed E-state index contributed by atoms with van der Waals surface area (Å²) in [7, 11) is 0. The molecule has 1 atom stereocenters. The number of rotatable bonds is 3. The second-order valence-electron chi connectivity index (χ2n) is 4.14. The topological polar surface area (TPSA) is 76.2 Å². The van der Waals surface area contributed by atoms with E-state index in [9.17, 15) is 4.79 Å². The Hall–Kier alpha value is -1.94. The first-order valence-corrected chi connectivity index (χ1v) is 5.39. The number of carboxylic acids is 1. The molecule has 0 spiro atoms. The summed E-state index contributed by atoms with van der Waals surface area (Å²) in [6.07, 6.45) is 3.50. The highest BCUT2D eigenvalue weighted by atomic mass is 16.4. The lowest BCUT2D eigenvalue weighted by molar-refractivity contribution is -0.137. The van der Waals surface area contributed by atoms with Gasteiger partial charge >= 0.3 is 5.97 Å². The Kier molecular flexibility index (Phi) is 3.06. The summed E-state index contributed by atoms with van der Waals surface area (Å²) >= 11 is 0. The molecule has 1 aromatic carbocycles. The molecular formula is C13H14N2O2. The summed E-state index contributed by atoms with van der Waals surface area (Å²) in [5.41, 5.74) is 7.75. The molecule has 1 aromatic heterocycles. The number of pyridine rings is 1. The molecule has 4 nitrogen and oxygen atoms in total. The zero-order valence-electron chi connectivity index (χ0n) is 9.55. The Morgan fingerprint density at radius 1 is 1.47 bits per heavy atom. The first-order chi connectivity index (χ1) is 8.08. The van der Waals surface area contributed by atoms with Crippen molar-refractivity contribution < 1.29 is 9.90 Å². The van der Waals surface area contributed by atoms with Crippen LogP contribution in [-0.4, -0.2) is 16.1 Å². The maximum Gasteiger partial charge on any atom is 0.305 e. The number of carboxylic acid groups (broad SMARTS) is 1. The van der Waals surface area contributed by atoms with Crippen LogP contribution in [-0.2, 0) is 4.79 Å². The van der Waals surface area contributed by atoms with E-state index >= 15 is 0 Å². The molecule has 0 aliphatic carbocycles. The van der Waals surface area contributed by atoms with E-state index in [-0.39, 0.29) is 6.42 Å². The smallest absolute Gasteiger partial charge is 0.305 e. The quantitative estimate of drug-likeness (QED) is 0.845. The van der Waals surface area contributed by atoms with E-state index in [4.69, 9.17) is 10.8 Å². The highest BCUT2D eigenvalue weighted by molar-refractivity contribution is 5.85. The molecule has 0 saturated carbocycles. The van der Waals surface area contributed by atoms with Gasteiger partial charge in [-0.1, -0.05) is 12.1 Å². The van der Waals surface area contributed by atoms with Crippen LogP contribution in [0.1, 0.15) is 23.6 Å². The first-order valence-electron chi connectivity index (χ1n) is 5.39. The zero-order chi connectivity index (χ0) is 12.4. The number of benzene rings is 1. The predicted octanol–water partition coefficient (Wildman–Crippen LogP) is 2.02. The number of carbonyl (C=O) groups is 1. The molecule has 0 saturated heterocycles. The Morgan fingerprint density at radius 2 is 2.24 bits per heavy atom. The molecule has 2 rings (SSSR count). The summed E-state index contributed by atoms with van der Waals surface area (Å²) in [6.45, 7) is 1.99. The third kappa shape index (κ3) is 2.42. The monoisotopic (exact) mass is 230 g/mol. The van der Waals surface area contributed by atoms with Crippen molar-refractivity contribution >= 4 is 16.7 Å². The van der Waals surface area contributed by atoms with Crippen LogP contribution in [0.3, 0.4) is 0 Å². The number of aryl methyl sites for hydroxylation is 1. The van der Waals surface area contributed by atoms with Crippen molar-refractivity contribution in [1.82, 2.24) is 4.98 Å². The van der Waals surface area contributed by atoms with Crippen molar-refractivity contribution in [2.45, 2.75) is 19.4 Å². The van der Waals surface area contributed by atoms with Gasteiger partial charge in [0.25, 0.3) is 0 Å². The second kappa shape index (κ2) is 4.51. The average molecular weight is 230 g/mol. The van der Waals surface area contributed by atoms with Crippen LogP contribution in [0.25, 0.3) is 10.8 Å². The third-order valence-corrected chi connectivity index (χ3v) is 2.80. The van der Waals surface area contributed by atoms with Crippen LogP contribution >= 0.6 is 0 Å². The minimum Gasteiger partial charge on any atom is -0.481 e. The van der Waals surface area contributed by atoms with Crippen LogP contribution in [0.4, 0.5) is 0 Å². The summed E-state index contributed by atoms with van der Waals surface area (Å²) in [5, 5.41) is 10.8. The summed E-state index contributed by atoms with van der Waals surface area (Å²) in [5.74, 6) is -0.889. The fourth-order valence-electron chi connectivity index (χ4n) is 1.88. The summed E-state index contributed by atoms with van der Waals surface area (Å²) < 4.78 is 0. The second-order valence-corrected chi connectivity index (χ2v) is 4.14. The molecule has 0 fully saturated rings. The zero-order valence-corrected chi connectivity index (χ0v) is 9.55. The standard InChI is InChI=1S/C13H14N2O2/c1-8-6-15-7-10-4-9(2-3-11(8)10)12(14)5-13(16)17/h2-4,6-7,12H,5,14H2,1H3,(H,16,17). The Labute approximate surface area is 99.1 Å². The highest BCUT2D eigenvalue weighted by Gasteiger charge is 2.11. The first kappa shape index (κ1) is 11.5. The van der Waals surface area contributed by atoms with E-state index in [1.807, 2.05) is 25.1 Å². The van der Waals surface area contributed by atoms with Gasteiger partial charge in [0.15, 0.2) is 0 Å². The number of nitrogens with two attached hydrogens (primary N) is 1. The molecular weight excluding hydrogens is 216 g/mol. The highest BCUT2D eigenvalue weighted by Crippen LogP contribution is 2.22. The van der Waals surface area contributed by atoms with Crippen LogP contribution in [0.2, 0.25) is 0 Å². The van der Waals surface area contributed by atoms with Gasteiger partial charge in [-0.25, -0.2) is 0 Å². The van der Waals surface area contributed by atoms with E-state index in [1.54, 1.807) is 12.4 Å². The fourth-order valence-corrected chi connectivity index (χ4v) is 1.88. The van der Waals surface area contributed by atoms with Crippen molar-refractivity contribution in [2.24, 2.45) is 5.73 Å². The lowest BCUT2D eigenvalue weighted by Crippen LogP contribution is -2.14. The third-order valence-electron chi connectivity index (χ3n) is 2.80. The van der Waals surface area contributed by atoms with Crippen LogP contribution < -0.4 is 5.73 Å². The van der Waals surface area contributed by atoms with Crippen molar-refractivity contribution in [1.29, 1.82) is 0 Å². The van der Waals surface area contributed by atoms with Crippen molar-refractivity contribution in [3.63, 3.8) is 0 Å². The number of aromatic nitrogens is 1. The molecule has 88 valence electrons. The van der Waals surface area contributed by atoms with Gasteiger partial charge in [-0.15, -0.1) is 0 Å². The number of nitrogens with zero attached hydrogens (tertiary/aromatic N) is 1. The van der Waals surface area contributed by atoms with Crippen molar-refractivity contribution in [3.05, 3.63) is 41.7 Å². The van der Waals surface area contributed by atoms with Gasteiger partial charge in [-0.3, -0.25) is 9.78 Å². The van der Waals surface area contributed by atoms with Crippen LogP contribution in [0, 0.1) is 6.92 Å². The molecule has 0 aliphatic heterocycles. The number of hydrogen-bond acceptors (Lipinski definition) is 3. The lowest BCUT2D eigenvalue weighted by atomic mass is 10.00. The minimum absolute atomic E-state index is 0.0647. The molecule has 1 heterocycles. The number of fused-ring (bicyclic) bond motifs is 1. The van der Waals surface area contributed by atoms with E-state index < -0.39 is 12.0 Å². The van der Waals surface area contributed by atoms with Gasteiger partial charge in [0.05, 0.1) is 6.42 Å². The number of hydrogen-bond donors (Lipinski definition) is 2. The molecule has 2 aromatic rings. The average Bonchev–Trinajstić information content (AvgIpc) is 2.28. The number of aliphatic carboxylic acids is 1. The van der Waals surface area contributed by atoms with Crippen molar-refractivity contribution in [2.75, 3.05) is 0 Å². The molecule has 0 amide bonds. The van der Waals surface area contributed by atoms with Gasteiger partial charge < -0.3 is 10.8 Å². The van der Waals surface area contributed by atoms with E-state index in [1.165, 1.54) is 0 Å². The van der Waals surface area contributed by atoms with E-state index in [0.717, 1.165) is 21.9 Å². The molecule has 1 unspecified atom stereocenters. The predicted molar refractivity (Wildman–Crippen MR) is 65.7 cm³/mol. The summed E-state index contributed by atoms with van der Waals surface area (Å²) in [6, 6.07) is 5.27. The molecule has 0 aliphatic rings. The Morgan fingerprint density at radius 3 is 2.94 bits per heavy atom. The summed E-state index contributed by atoms with van der Waals surface area (Å²) in [4.78, 5) is 14.7. The maximum atomic E-state index is 10.6. The van der Waals surface area contributed by atoms with E-state index in [2.05, 4.69) is 4.98 Å². The Balaban J connectivity index is 2.41. The van der Waals surface area contributed by atoms with Crippen molar-refractivity contribution in [3.8, 4) is 0 Å². The molecule has 17 heavy (non-hydrogen) atoms. The van der Waals surface area contributed by atoms with Crippen LogP contribution in [0.5, 0.6) is 0 Å². The SMILES string of the molecule is Cc1cncc2cc(C(N)CC(=O)O)ccc12. The van der Waals surface area contributed by atoms with Gasteiger partial charge in [0.1, 0.15) is 0 Å². The largest absolute Gasteiger partial charge is 0.481 e. The van der Waals surface area contributed by atoms with E-state index in [0.29, 0.717) is 0 Å². The van der Waals surface area contributed by atoms with Gasteiger partial charge in [0.2, 0.25) is 0 Å². The van der Waals surface area contributed by atoms with Gasteiger partial charge in [-0.05, 0) is 29.5 Å². The molecule has 0 bridgehead atoms. The fraction of sp³-hybridized carbons (Fsp3) is 0.231. The molecule has 0 radical (unpaired) electrons. The minimum atomic E-state index is -0.889. The molecule has 4 heteroatoms. The van der Waals surface area contributed by atoms with Crippen LogP contribution in [0.15, 0.2) is 30.6 Å². The molecule has 3 N–H and O–H groups in total. The normalized spacial score (nSPS) is 12.6. The Bertz CT molecular complexity index is 566. The van der Waals surface area contributed by atoms with Gasteiger partial charge in [0, 0.05) is 23.8 Å². The maximum absolute atomic E-state index is 10.6. The van der Waals surface area contributed by atoms with Gasteiger partial charge in [-0.2, -0.15) is 0 Å².